The van der Waals surface area contributed by atoms with Gasteiger partial charge in [-0.1, -0.05) is 87.2 Å². The zero-order valence-corrected chi connectivity index (χ0v) is 11.6. The second-order valence-corrected chi connectivity index (χ2v) is 5.67. The molecule has 0 aromatic heterocycles. The minimum atomic E-state index is -0.641. The molecule has 0 aromatic rings. The van der Waals surface area contributed by atoms with E-state index in [1.165, 1.54) is 38.5 Å². The summed E-state index contributed by atoms with van der Waals surface area (Å²) < 4.78 is -0.641. The van der Waals surface area contributed by atoms with Crippen molar-refractivity contribution in [1.29, 1.82) is 0 Å². The third kappa shape index (κ3) is 10.6. The summed E-state index contributed by atoms with van der Waals surface area (Å²) in [7, 11) is 0. The Kier molecular flexibility index (Phi) is 9.74. The van der Waals surface area contributed by atoms with Crippen LogP contribution in [0.15, 0.2) is 12.2 Å². The van der Waals surface area contributed by atoms with Crippen LogP contribution in [0.4, 0.5) is 0 Å². The Morgan fingerprint density at radius 1 is 0.933 bits per heavy atom. The van der Waals surface area contributed by atoms with E-state index in [0.29, 0.717) is 0 Å². The Morgan fingerprint density at radius 2 is 1.47 bits per heavy atom. The predicted octanol–water partition coefficient (Wildman–Crippen LogP) is 5.88. The molecule has 0 aliphatic heterocycles. The van der Waals surface area contributed by atoms with Crippen molar-refractivity contribution < 1.29 is 0 Å². The van der Waals surface area contributed by atoms with Crippen molar-refractivity contribution in [3.63, 3.8) is 0 Å². The van der Waals surface area contributed by atoms with Crippen molar-refractivity contribution in [3.8, 4) is 0 Å². The van der Waals surface area contributed by atoms with Crippen LogP contribution in [-0.2, 0) is 0 Å². The van der Waals surface area contributed by atoms with Crippen molar-refractivity contribution in [2.24, 2.45) is 0 Å². The highest BCUT2D eigenvalue weighted by Gasteiger charge is 2.18. The Labute approximate surface area is 105 Å². The monoisotopic (exact) mass is 250 g/mol. The Hall–Kier alpha value is 0.320. The van der Waals surface area contributed by atoms with Crippen LogP contribution < -0.4 is 0 Å². The molecule has 0 aliphatic rings. The summed E-state index contributed by atoms with van der Waals surface area (Å²) >= 11 is 12.2. The van der Waals surface area contributed by atoms with E-state index in [9.17, 15) is 0 Å². The zero-order chi connectivity index (χ0) is 11.6. The van der Waals surface area contributed by atoms with Crippen molar-refractivity contribution in [2.45, 2.75) is 69.5 Å². The van der Waals surface area contributed by atoms with Gasteiger partial charge in [0.25, 0.3) is 0 Å². The van der Waals surface area contributed by atoms with Gasteiger partial charge in [-0.2, -0.15) is 0 Å². The van der Waals surface area contributed by atoms with Crippen molar-refractivity contribution in [2.75, 3.05) is 0 Å². The molecule has 0 N–H and O–H groups in total. The zero-order valence-electron chi connectivity index (χ0n) is 10.1. The molecule has 0 spiro atoms. The quantitative estimate of drug-likeness (QED) is 0.273. The van der Waals surface area contributed by atoms with E-state index in [1.54, 1.807) is 0 Å². The summed E-state index contributed by atoms with van der Waals surface area (Å²) in [5, 5.41) is 0. The molecule has 0 rings (SSSR count). The van der Waals surface area contributed by atoms with Gasteiger partial charge in [0, 0.05) is 0 Å². The molecule has 90 valence electrons. The molecule has 0 atom stereocenters. The van der Waals surface area contributed by atoms with Crippen LogP contribution in [0, 0.1) is 0 Å². The highest BCUT2D eigenvalue weighted by molar-refractivity contribution is 6.49. The summed E-state index contributed by atoms with van der Waals surface area (Å²) in [4.78, 5) is 0. The SMILES string of the molecule is CC=CC(Cl)(Cl)CCCCCCCCC. The van der Waals surface area contributed by atoms with E-state index in [-0.39, 0.29) is 0 Å². The fourth-order valence-corrected chi connectivity index (χ4v) is 2.16. The van der Waals surface area contributed by atoms with Crippen molar-refractivity contribution >= 4 is 23.2 Å². The average Bonchev–Trinajstić information content (AvgIpc) is 2.16. The first kappa shape index (κ1) is 15.3. The first-order chi connectivity index (χ1) is 7.12. The van der Waals surface area contributed by atoms with Gasteiger partial charge >= 0.3 is 0 Å². The van der Waals surface area contributed by atoms with E-state index in [1.807, 2.05) is 19.1 Å². The van der Waals surface area contributed by atoms with Gasteiger partial charge in [0.1, 0.15) is 4.33 Å². The van der Waals surface area contributed by atoms with Crippen LogP contribution in [0.2, 0.25) is 0 Å². The normalized spacial score (nSPS) is 12.5. The average molecular weight is 251 g/mol. The number of alkyl halides is 2. The molecular formula is C13H24Cl2. The number of hydrogen-bond donors (Lipinski definition) is 0. The summed E-state index contributed by atoms with van der Waals surface area (Å²) in [5.74, 6) is 0. The van der Waals surface area contributed by atoms with Gasteiger partial charge in [-0.15, -0.1) is 0 Å². The molecule has 0 aromatic carbocycles. The van der Waals surface area contributed by atoms with Gasteiger partial charge < -0.3 is 0 Å². The number of allylic oxidation sites excluding steroid dienone is 2. The Balaban J connectivity index is 3.30. The van der Waals surface area contributed by atoms with Crippen LogP contribution in [0.5, 0.6) is 0 Å². The lowest BCUT2D eigenvalue weighted by atomic mass is 10.1. The molecule has 0 amide bonds. The van der Waals surface area contributed by atoms with Gasteiger partial charge in [0.15, 0.2) is 0 Å². The van der Waals surface area contributed by atoms with Crippen LogP contribution in [-0.4, -0.2) is 4.33 Å². The molecule has 15 heavy (non-hydrogen) atoms. The standard InChI is InChI=1S/C13H24Cl2/c1-3-5-6-7-8-9-10-12-13(14,15)11-4-2/h4,11H,3,5-10,12H2,1-2H3. The summed E-state index contributed by atoms with van der Waals surface area (Å²) in [6, 6.07) is 0. The fraction of sp³-hybridized carbons (Fsp3) is 0.846. The van der Waals surface area contributed by atoms with Crippen LogP contribution >= 0.6 is 23.2 Å². The van der Waals surface area contributed by atoms with Gasteiger partial charge in [-0.05, 0) is 13.3 Å². The third-order valence-corrected chi connectivity index (χ3v) is 3.15. The molecule has 0 unspecified atom stereocenters. The van der Waals surface area contributed by atoms with E-state index in [0.717, 1.165) is 12.8 Å². The molecule has 0 bridgehead atoms. The second-order valence-electron chi connectivity index (χ2n) is 4.13. The minimum absolute atomic E-state index is 0.641. The maximum Gasteiger partial charge on any atom is 0.136 e. The molecule has 2 heteroatoms. The van der Waals surface area contributed by atoms with Crippen LogP contribution in [0.25, 0.3) is 0 Å². The summed E-state index contributed by atoms with van der Waals surface area (Å²) in [5.41, 5.74) is 0. The lowest BCUT2D eigenvalue weighted by Gasteiger charge is -2.14. The van der Waals surface area contributed by atoms with Gasteiger partial charge in [0.05, 0.1) is 0 Å². The lowest BCUT2D eigenvalue weighted by molar-refractivity contribution is 0.572. The maximum atomic E-state index is 6.08. The topological polar surface area (TPSA) is 0 Å². The molecule has 0 saturated carbocycles. The Bertz CT molecular complexity index is 162. The largest absolute Gasteiger partial charge is 0.136 e. The molecule has 0 heterocycles. The minimum Gasteiger partial charge on any atom is -0.0970 e. The van der Waals surface area contributed by atoms with Crippen LogP contribution in [0.1, 0.15) is 65.2 Å². The third-order valence-electron chi connectivity index (χ3n) is 2.52. The van der Waals surface area contributed by atoms with Gasteiger partial charge in [-0.3, -0.25) is 0 Å². The number of rotatable bonds is 9. The Morgan fingerprint density at radius 3 is 2.00 bits per heavy atom. The molecule has 0 radical (unpaired) electrons. The maximum absolute atomic E-state index is 6.08. The molecular weight excluding hydrogens is 227 g/mol. The number of halogens is 2. The second kappa shape index (κ2) is 9.54. The highest BCUT2D eigenvalue weighted by Crippen LogP contribution is 2.29. The van der Waals surface area contributed by atoms with Crippen molar-refractivity contribution in [1.82, 2.24) is 0 Å². The van der Waals surface area contributed by atoms with E-state index in [4.69, 9.17) is 23.2 Å². The molecule has 0 saturated heterocycles. The lowest BCUT2D eigenvalue weighted by Crippen LogP contribution is -2.07. The van der Waals surface area contributed by atoms with Crippen molar-refractivity contribution in [3.05, 3.63) is 12.2 Å². The first-order valence-electron chi connectivity index (χ1n) is 6.14. The molecule has 0 aliphatic carbocycles. The van der Waals surface area contributed by atoms with E-state index in [2.05, 4.69) is 6.92 Å². The van der Waals surface area contributed by atoms with Gasteiger partial charge in [0.2, 0.25) is 0 Å². The van der Waals surface area contributed by atoms with Crippen LogP contribution in [0.3, 0.4) is 0 Å². The summed E-state index contributed by atoms with van der Waals surface area (Å²) in [6.45, 7) is 4.19. The number of unbranched alkanes of at least 4 members (excludes halogenated alkanes) is 6. The fourth-order valence-electron chi connectivity index (χ4n) is 1.64. The predicted molar refractivity (Wildman–Crippen MR) is 71.9 cm³/mol. The highest BCUT2D eigenvalue weighted by atomic mass is 35.5. The molecule has 0 fully saturated rings. The summed E-state index contributed by atoms with van der Waals surface area (Å²) in [6.07, 6.45) is 13.8. The van der Waals surface area contributed by atoms with E-state index < -0.39 is 4.33 Å². The van der Waals surface area contributed by atoms with E-state index >= 15 is 0 Å². The number of hydrogen-bond acceptors (Lipinski definition) is 0. The van der Waals surface area contributed by atoms with Gasteiger partial charge in [-0.25, -0.2) is 0 Å². The smallest absolute Gasteiger partial charge is 0.0970 e. The first-order valence-corrected chi connectivity index (χ1v) is 6.89. The molecule has 0 nitrogen and oxygen atoms in total.